The number of rotatable bonds is 2. The molecule has 1 atom stereocenters. The average molecular weight is 294 g/mol. The molecule has 1 aromatic heterocycles. The SMILES string of the molecule is CC1c2ccsc2CCN1C(=O)NC1(C(=O)O)CCC1. The van der Waals surface area contributed by atoms with Crippen molar-refractivity contribution in [1.29, 1.82) is 0 Å². The Morgan fingerprint density at radius 1 is 1.50 bits per heavy atom. The Balaban J connectivity index is 1.74. The summed E-state index contributed by atoms with van der Waals surface area (Å²) in [6.45, 7) is 2.65. The highest BCUT2D eigenvalue weighted by molar-refractivity contribution is 7.10. The van der Waals surface area contributed by atoms with E-state index >= 15 is 0 Å². The Bertz CT molecular complexity index is 550. The van der Waals surface area contributed by atoms with E-state index in [0.717, 1.165) is 12.8 Å². The van der Waals surface area contributed by atoms with Gasteiger partial charge in [-0.05, 0) is 49.6 Å². The van der Waals surface area contributed by atoms with Crippen LogP contribution in [0.2, 0.25) is 0 Å². The quantitative estimate of drug-likeness (QED) is 0.880. The Labute approximate surface area is 121 Å². The van der Waals surface area contributed by atoms with E-state index in [2.05, 4.69) is 11.4 Å². The molecule has 20 heavy (non-hydrogen) atoms. The average Bonchev–Trinajstić information content (AvgIpc) is 2.82. The van der Waals surface area contributed by atoms with Crippen LogP contribution in [0.3, 0.4) is 0 Å². The van der Waals surface area contributed by atoms with Crippen molar-refractivity contribution in [2.75, 3.05) is 6.54 Å². The van der Waals surface area contributed by atoms with E-state index in [9.17, 15) is 14.7 Å². The van der Waals surface area contributed by atoms with Crippen molar-refractivity contribution < 1.29 is 14.7 Å². The first-order chi connectivity index (χ1) is 9.53. The number of carboxylic acid groups (broad SMARTS) is 1. The molecule has 2 N–H and O–H groups in total. The number of amides is 2. The second-order valence-electron chi connectivity index (χ2n) is 5.59. The summed E-state index contributed by atoms with van der Waals surface area (Å²) in [5.74, 6) is -0.919. The molecule has 0 aromatic carbocycles. The number of carbonyl (C=O) groups excluding carboxylic acids is 1. The van der Waals surface area contributed by atoms with Gasteiger partial charge in [0.1, 0.15) is 5.54 Å². The number of aliphatic carboxylic acids is 1. The van der Waals surface area contributed by atoms with Crippen LogP contribution >= 0.6 is 11.3 Å². The van der Waals surface area contributed by atoms with Gasteiger partial charge in [0.05, 0.1) is 6.04 Å². The fraction of sp³-hybridized carbons (Fsp3) is 0.571. The van der Waals surface area contributed by atoms with Crippen LogP contribution in [-0.4, -0.2) is 34.1 Å². The smallest absolute Gasteiger partial charge is 0.329 e. The summed E-state index contributed by atoms with van der Waals surface area (Å²) < 4.78 is 0. The summed E-state index contributed by atoms with van der Waals surface area (Å²) in [6, 6.07) is 1.81. The molecule has 0 saturated heterocycles. The minimum Gasteiger partial charge on any atom is -0.480 e. The third kappa shape index (κ3) is 1.98. The summed E-state index contributed by atoms with van der Waals surface area (Å²) in [5, 5.41) is 14.1. The van der Waals surface area contributed by atoms with Crippen molar-refractivity contribution >= 4 is 23.3 Å². The molecule has 1 fully saturated rings. The summed E-state index contributed by atoms with van der Waals surface area (Å²) >= 11 is 1.72. The number of nitrogens with zero attached hydrogens (tertiary/aromatic N) is 1. The maximum absolute atomic E-state index is 12.4. The topological polar surface area (TPSA) is 69.6 Å². The molecular formula is C14H18N2O3S. The first-order valence-corrected chi connectivity index (χ1v) is 7.80. The number of hydrogen-bond donors (Lipinski definition) is 2. The van der Waals surface area contributed by atoms with Gasteiger partial charge in [0, 0.05) is 11.4 Å². The van der Waals surface area contributed by atoms with Gasteiger partial charge in [0.2, 0.25) is 0 Å². The molecule has 1 aliphatic carbocycles. The summed E-state index contributed by atoms with van der Waals surface area (Å²) in [7, 11) is 0. The lowest BCUT2D eigenvalue weighted by Crippen LogP contribution is -2.62. The largest absolute Gasteiger partial charge is 0.480 e. The van der Waals surface area contributed by atoms with Crippen molar-refractivity contribution in [2.24, 2.45) is 0 Å². The van der Waals surface area contributed by atoms with Crippen molar-refractivity contribution in [3.8, 4) is 0 Å². The van der Waals surface area contributed by atoms with Crippen LogP contribution in [0, 0.1) is 0 Å². The fourth-order valence-electron chi connectivity index (χ4n) is 2.99. The van der Waals surface area contributed by atoms with Crippen LogP contribution in [0.4, 0.5) is 4.79 Å². The van der Waals surface area contributed by atoms with E-state index in [-0.39, 0.29) is 12.1 Å². The maximum Gasteiger partial charge on any atom is 0.329 e. The fourth-order valence-corrected chi connectivity index (χ4v) is 3.95. The maximum atomic E-state index is 12.4. The zero-order valence-electron chi connectivity index (χ0n) is 11.4. The van der Waals surface area contributed by atoms with Crippen LogP contribution < -0.4 is 5.32 Å². The van der Waals surface area contributed by atoms with Crippen LogP contribution in [0.1, 0.15) is 42.7 Å². The third-order valence-corrected chi connectivity index (χ3v) is 5.50. The van der Waals surface area contributed by atoms with Crippen molar-refractivity contribution in [1.82, 2.24) is 10.2 Å². The standard InChI is InChI=1S/C14H18N2O3S/c1-9-10-4-8-20-11(10)3-7-16(9)13(19)15-14(12(17)18)5-2-6-14/h4,8-9H,2-3,5-7H2,1H3,(H,15,19)(H,17,18). The normalized spacial score (nSPS) is 23.6. The van der Waals surface area contributed by atoms with E-state index in [0.29, 0.717) is 19.4 Å². The molecule has 1 aromatic rings. The molecule has 0 spiro atoms. The number of hydrogen-bond acceptors (Lipinski definition) is 3. The molecule has 1 unspecified atom stereocenters. The first kappa shape index (κ1) is 13.4. The molecule has 2 heterocycles. The predicted molar refractivity (Wildman–Crippen MR) is 75.9 cm³/mol. The molecular weight excluding hydrogens is 276 g/mol. The number of carbonyl (C=O) groups is 2. The number of fused-ring (bicyclic) bond motifs is 1. The van der Waals surface area contributed by atoms with Crippen LogP contribution in [0.15, 0.2) is 11.4 Å². The lowest BCUT2D eigenvalue weighted by Gasteiger charge is -2.41. The van der Waals surface area contributed by atoms with E-state index in [1.54, 1.807) is 16.2 Å². The molecule has 0 radical (unpaired) electrons. The zero-order chi connectivity index (χ0) is 14.3. The molecule has 2 aliphatic rings. The van der Waals surface area contributed by atoms with Crippen LogP contribution in [0.25, 0.3) is 0 Å². The summed E-state index contributed by atoms with van der Waals surface area (Å²) in [4.78, 5) is 26.8. The van der Waals surface area contributed by atoms with Gasteiger partial charge in [-0.2, -0.15) is 0 Å². The van der Waals surface area contributed by atoms with Gasteiger partial charge < -0.3 is 15.3 Å². The highest BCUT2D eigenvalue weighted by atomic mass is 32.1. The first-order valence-electron chi connectivity index (χ1n) is 6.92. The molecule has 1 saturated carbocycles. The molecule has 6 heteroatoms. The number of urea groups is 1. The van der Waals surface area contributed by atoms with Crippen molar-refractivity contribution in [3.05, 3.63) is 21.9 Å². The third-order valence-electron chi connectivity index (χ3n) is 4.50. The molecule has 2 amide bonds. The second kappa shape index (κ2) is 4.77. The Morgan fingerprint density at radius 3 is 2.85 bits per heavy atom. The predicted octanol–water partition coefficient (Wildman–Crippen LogP) is 2.38. The number of thiophene rings is 1. The lowest BCUT2D eigenvalue weighted by atomic mass is 9.77. The van der Waals surface area contributed by atoms with E-state index in [4.69, 9.17) is 0 Å². The van der Waals surface area contributed by atoms with Crippen LogP contribution in [-0.2, 0) is 11.2 Å². The molecule has 1 aliphatic heterocycles. The minimum absolute atomic E-state index is 0.0101. The van der Waals surface area contributed by atoms with Gasteiger partial charge in [-0.3, -0.25) is 0 Å². The van der Waals surface area contributed by atoms with Gasteiger partial charge in [0.15, 0.2) is 0 Å². The van der Waals surface area contributed by atoms with Gasteiger partial charge in [-0.15, -0.1) is 11.3 Å². The highest BCUT2D eigenvalue weighted by Crippen LogP contribution is 2.35. The van der Waals surface area contributed by atoms with Gasteiger partial charge in [-0.1, -0.05) is 0 Å². The van der Waals surface area contributed by atoms with Gasteiger partial charge in [0.25, 0.3) is 0 Å². The van der Waals surface area contributed by atoms with E-state index in [1.165, 1.54) is 10.4 Å². The van der Waals surface area contributed by atoms with Crippen molar-refractivity contribution in [3.63, 3.8) is 0 Å². The molecule has 3 rings (SSSR count). The summed E-state index contributed by atoms with van der Waals surface area (Å²) in [6.07, 6.45) is 2.77. The number of nitrogens with one attached hydrogen (secondary N) is 1. The Kier molecular flexibility index (Phi) is 3.20. The van der Waals surface area contributed by atoms with E-state index < -0.39 is 11.5 Å². The van der Waals surface area contributed by atoms with Crippen molar-refractivity contribution in [2.45, 2.75) is 44.2 Å². The van der Waals surface area contributed by atoms with Crippen LogP contribution in [0.5, 0.6) is 0 Å². The molecule has 0 bridgehead atoms. The van der Waals surface area contributed by atoms with E-state index in [1.807, 2.05) is 12.3 Å². The monoisotopic (exact) mass is 294 g/mol. The zero-order valence-corrected chi connectivity index (χ0v) is 12.2. The second-order valence-corrected chi connectivity index (χ2v) is 6.59. The Hall–Kier alpha value is -1.56. The molecule has 108 valence electrons. The van der Waals surface area contributed by atoms with Gasteiger partial charge >= 0.3 is 12.0 Å². The minimum atomic E-state index is -1.04. The highest BCUT2D eigenvalue weighted by Gasteiger charge is 2.47. The Morgan fingerprint density at radius 2 is 2.25 bits per heavy atom. The lowest BCUT2D eigenvalue weighted by molar-refractivity contribution is -0.148. The molecule has 5 nitrogen and oxygen atoms in total. The summed E-state index contributed by atoms with van der Waals surface area (Å²) in [5.41, 5.74) is 0.153. The van der Waals surface area contributed by atoms with Gasteiger partial charge in [-0.25, -0.2) is 9.59 Å². The number of carboxylic acids is 1.